The molecule has 0 aliphatic heterocycles. The maximum absolute atomic E-state index is 13.1. The number of thioether (sulfide) groups is 1. The van der Waals surface area contributed by atoms with Crippen molar-refractivity contribution >= 4 is 49.2 Å². The molecule has 3 N–H and O–H groups in total. The number of nitrogens with one attached hydrogen (secondary N) is 1. The molecule has 3 aromatic carbocycles. The highest BCUT2D eigenvalue weighted by Crippen LogP contribution is 2.39. The first-order chi connectivity index (χ1) is 14.9. The lowest BCUT2D eigenvalue weighted by Gasteiger charge is -2.16. The number of amides is 1. The first kappa shape index (κ1) is 21.5. The fourth-order valence-electron chi connectivity index (χ4n) is 2.98. The van der Waals surface area contributed by atoms with E-state index in [0.717, 1.165) is 25.7 Å². The van der Waals surface area contributed by atoms with Crippen LogP contribution in [0.5, 0.6) is 0 Å². The summed E-state index contributed by atoms with van der Waals surface area (Å²) >= 11 is 2.98. The summed E-state index contributed by atoms with van der Waals surface area (Å²) in [6.07, 6.45) is 0. The Morgan fingerprint density at radius 1 is 1.00 bits per heavy atom. The second-order valence-corrected chi connectivity index (χ2v) is 10.7. The molecule has 0 aliphatic rings. The third kappa shape index (κ3) is 5.31. The predicted molar refractivity (Wildman–Crippen MR) is 124 cm³/mol. The highest BCUT2D eigenvalue weighted by molar-refractivity contribution is 8.02. The van der Waals surface area contributed by atoms with E-state index in [2.05, 4.69) is 10.3 Å². The number of para-hydroxylation sites is 1. The number of carbonyl (C=O) groups is 1. The Balaban J connectivity index is 1.51. The summed E-state index contributed by atoms with van der Waals surface area (Å²) in [5.41, 5.74) is 2.57. The largest absolute Gasteiger partial charge is 0.351 e. The average Bonchev–Trinajstić information content (AvgIpc) is 3.19. The molecule has 6 nitrogen and oxygen atoms in total. The van der Waals surface area contributed by atoms with Gasteiger partial charge < -0.3 is 5.32 Å². The lowest BCUT2D eigenvalue weighted by atomic mass is 10.1. The number of benzene rings is 3. The predicted octanol–water partition coefficient (Wildman–Crippen LogP) is 4.09. The standard InChI is InChI=1S/C22H19N3O3S3/c23-31(27,28)17-12-10-15(11-13-17)14-24-21(26)20(16-6-2-1-3-7-16)30-22-25-18-8-4-5-9-19(18)29-22/h1-13,20H,14H2,(H,24,26)(H2,23,27,28)/t20-/m1/s1. The second-order valence-electron chi connectivity index (χ2n) is 6.76. The molecule has 9 heteroatoms. The fraction of sp³-hybridized carbons (Fsp3) is 0.0909. The molecule has 31 heavy (non-hydrogen) atoms. The fourth-order valence-corrected chi connectivity index (χ4v) is 5.78. The van der Waals surface area contributed by atoms with Crippen LogP contribution in [0.25, 0.3) is 10.2 Å². The van der Waals surface area contributed by atoms with E-state index in [4.69, 9.17) is 5.14 Å². The first-order valence-electron chi connectivity index (χ1n) is 9.37. The van der Waals surface area contributed by atoms with Crippen molar-refractivity contribution in [1.82, 2.24) is 10.3 Å². The molecule has 0 spiro atoms. The molecule has 0 aliphatic carbocycles. The van der Waals surface area contributed by atoms with Crippen LogP contribution in [0.4, 0.5) is 0 Å². The SMILES string of the molecule is NS(=O)(=O)c1ccc(CNC(=O)[C@H](Sc2nc3ccccc3s2)c2ccccc2)cc1. The zero-order valence-electron chi connectivity index (χ0n) is 16.3. The van der Waals surface area contributed by atoms with E-state index in [9.17, 15) is 13.2 Å². The molecule has 1 aromatic heterocycles. The molecule has 0 unspecified atom stereocenters. The molecule has 1 atom stereocenters. The van der Waals surface area contributed by atoms with Gasteiger partial charge in [-0.15, -0.1) is 11.3 Å². The topological polar surface area (TPSA) is 102 Å². The molecule has 0 fully saturated rings. The summed E-state index contributed by atoms with van der Waals surface area (Å²) in [7, 11) is -3.74. The van der Waals surface area contributed by atoms with Crippen molar-refractivity contribution in [2.75, 3.05) is 0 Å². The third-order valence-electron chi connectivity index (χ3n) is 4.55. The average molecular weight is 470 g/mol. The van der Waals surface area contributed by atoms with Crippen molar-refractivity contribution in [3.05, 3.63) is 90.0 Å². The minimum atomic E-state index is -3.74. The molecule has 158 valence electrons. The van der Waals surface area contributed by atoms with Gasteiger partial charge in [-0.2, -0.15) is 0 Å². The normalized spacial score (nSPS) is 12.5. The highest BCUT2D eigenvalue weighted by atomic mass is 32.2. The number of aromatic nitrogens is 1. The smallest absolute Gasteiger partial charge is 0.238 e. The van der Waals surface area contributed by atoms with Crippen LogP contribution in [0.15, 0.2) is 88.1 Å². The van der Waals surface area contributed by atoms with Gasteiger partial charge >= 0.3 is 0 Å². The van der Waals surface area contributed by atoms with Crippen molar-refractivity contribution in [2.24, 2.45) is 5.14 Å². The highest BCUT2D eigenvalue weighted by Gasteiger charge is 2.23. The van der Waals surface area contributed by atoms with Crippen LogP contribution in [-0.4, -0.2) is 19.3 Å². The summed E-state index contributed by atoms with van der Waals surface area (Å²) in [5, 5.41) is 7.61. The quantitative estimate of drug-likeness (QED) is 0.397. The van der Waals surface area contributed by atoms with Gasteiger partial charge in [-0.25, -0.2) is 18.5 Å². The summed E-state index contributed by atoms with van der Waals surface area (Å²) < 4.78 is 24.7. The number of nitrogens with two attached hydrogens (primary N) is 1. The van der Waals surface area contributed by atoms with Crippen LogP contribution in [0.1, 0.15) is 16.4 Å². The second kappa shape index (κ2) is 9.19. The van der Waals surface area contributed by atoms with Gasteiger partial charge in [0.1, 0.15) is 5.25 Å². The van der Waals surface area contributed by atoms with Gasteiger partial charge in [0.15, 0.2) is 4.34 Å². The third-order valence-corrected chi connectivity index (χ3v) is 7.87. The van der Waals surface area contributed by atoms with Crippen LogP contribution in [0.3, 0.4) is 0 Å². The first-order valence-corrected chi connectivity index (χ1v) is 12.6. The summed E-state index contributed by atoms with van der Waals surface area (Å²) in [6.45, 7) is 0.271. The molecular weight excluding hydrogens is 450 g/mol. The summed E-state index contributed by atoms with van der Waals surface area (Å²) in [4.78, 5) is 17.8. The van der Waals surface area contributed by atoms with E-state index in [1.807, 2.05) is 54.6 Å². The van der Waals surface area contributed by atoms with Crippen molar-refractivity contribution in [3.8, 4) is 0 Å². The van der Waals surface area contributed by atoms with Crippen LogP contribution in [-0.2, 0) is 21.4 Å². The minimum Gasteiger partial charge on any atom is -0.351 e. The van der Waals surface area contributed by atoms with E-state index in [1.54, 1.807) is 23.5 Å². The Bertz CT molecular complexity index is 1270. The Morgan fingerprint density at radius 3 is 2.35 bits per heavy atom. The van der Waals surface area contributed by atoms with Crippen LogP contribution in [0, 0.1) is 0 Å². The lowest BCUT2D eigenvalue weighted by molar-refractivity contribution is -0.120. The zero-order chi connectivity index (χ0) is 21.8. The van der Waals surface area contributed by atoms with Crippen LogP contribution >= 0.6 is 23.1 Å². The molecule has 4 aromatic rings. The van der Waals surface area contributed by atoms with Crippen molar-refractivity contribution < 1.29 is 13.2 Å². The van der Waals surface area contributed by atoms with Gasteiger partial charge in [-0.05, 0) is 35.4 Å². The van der Waals surface area contributed by atoms with Crippen molar-refractivity contribution in [3.63, 3.8) is 0 Å². The molecule has 0 saturated heterocycles. The van der Waals surface area contributed by atoms with E-state index in [1.165, 1.54) is 23.9 Å². The van der Waals surface area contributed by atoms with Gasteiger partial charge in [-0.1, -0.05) is 66.4 Å². The molecular formula is C22H19N3O3S3. The zero-order valence-corrected chi connectivity index (χ0v) is 18.7. The maximum atomic E-state index is 13.1. The molecule has 0 bridgehead atoms. The molecule has 0 saturated carbocycles. The monoisotopic (exact) mass is 469 g/mol. The molecule has 4 rings (SSSR count). The summed E-state index contributed by atoms with van der Waals surface area (Å²) in [5.74, 6) is -0.147. The van der Waals surface area contributed by atoms with Crippen molar-refractivity contribution in [1.29, 1.82) is 0 Å². The minimum absolute atomic E-state index is 0.0381. The number of hydrogen-bond acceptors (Lipinski definition) is 6. The molecule has 1 heterocycles. The van der Waals surface area contributed by atoms with Gasteiger partial charge in [0.2, 0.25) is 15.9 Å². The lowest BCUT2D eigenvalue weighted by Crippen LogP contribution is -2.27. The van der Waals surface area contributed by atoms with E-state index < -0.39 is 15.3 Å². The van der Waals surface area contributed by atoms with Crippen LogP contribution < -0.4 is 10.5 Å². The van der Waals surface area contributed by atoms with Gasteiger partial charge in [0.05, 0.1) is 15.1 Å². The van der Waals surface area contributed by atoms with E-state index in [-0.39, 0.29) is 17.3 Å². The number of primary sulfonamides is 1. The molecule has 0 radical (unpaired) electrons. The molecule has 1 amide bonds. The van der Waals surface area contributed by atoms with Crippen LogP contribution in [0.2, 0.25) is 0 Å². The number of hydrogen-bond donors (Lipinski definition) is 2. The van der Waals surface area contributed by atoms with E-state index >= 15 is 0 Å². The number of thiazole rings is 1. The van der Waals surface area contributed by atoms with Gasteiger partial charge in [0, 0.05) is 6.54 Å². The number of nitrogens with zero attached hydrogens (tertiary/aromatic N) is 1. The van der Waals surface area contributed by atoms with Gasteiger partial charge in [-0.3, -0.25) is 4.79 Å². The van der Waals surface area contributed by atoms with E-state index in [0.29, 0.717) is 0 Å². The Labute approximate surface area is 188 Å². The Hall–Kier alpha value is -2.72. The summed E-state index contributed by atoms with van der Waals surface area (Å²) in [6, 6.07) is 23.6. The Morgan fingerprint density at radius 2 is 1.68 bits per heavy atom. The van der Waals surface area contributed by atoms with Gasteiger partial charge in [0.25, 0.3) is 0 Å². The Kier molecular flexibility index (Phi) is 6.38. The number of rotatable bonds is 7. The number of carbonyl (C=O) groups excluding carboxylic acids is 1. The maximum Gasteiger partial charge on any atom is 0.238 e. The van der Waals surface area contributed by atoms with Crippen molar-refractivity contribution in [2.45, 2.75) is 21.0 Å². The number of sulfonamides is 1. The number of fused-ring (bicyclic) bond motifs is 1.